The molecule has 0 spiro atoms. The number of aryl methyl sites for hydroxylation is 1. The van der Waals surface area contributed by atoms with E-state index >= 15 is 0 Å². The lowest BCUT2D eigenvalue weighted by molar-refractivity contribution is -0.117. The number of urea groups is 1. The van der Waals surface area contributed by atoms with E-state index in [1.54, 1.807) is 17.9 Å². The Balaban J connectivity index is 2.27. The first-order valence-electron chi connectivity index (χ1n) is 3.77. The highest BCUT2D eigenvalue weighted by atomic mass is 16.2. The van der Waals surface area contributed by atoms with Crippen molar-refractivity contribution in [2.75, 3.05) is 11.4 Å². The molecular weight excluding hydrogens is 172 g/mol. The van der Waals surface area contributed by atoms with Gasteiger partial charge in [0.2, 0.25) is 5.91 Å². The highest BCUT2D eigenvalue weighted by molar-refractivity contribution is 6.12. The van der Waals surface area contributed by atoms with Crippen molar-refractivity contribution in [2.45, 2.75) is 0 Å². The number of carbonyl (C=O) groups is 2. The van der Waals surface area contributed by atoms with Gasteiger partial charge in [-0.1, -0.05) is 0 Å². The first kappa shape index (κ1) is 7.78. The summed E-state index contributed by atoms with van der Waals surface area (Å²) >= 11 is 0. The van der Waals surface area contributed by atoms with Gasteiger partial charge in [-0.2, -0.15) is 5.10 Å². The van der Waals surface area contributed by atoms with E-state index in [2.05, 4.69) is 10.4 Å². The molecule has 3 amide bonds. The molecule has 1 saturated heterocycles. The molecule has 1 aliphatic rings. The fourth-order valence-corrected chi connectivity index (χ4v) is 1.20. The zero-order valence-corrected chi connectivity index (χ0v) is 7.02. The van der Waals surface area contributed by atoms with Gasteiger partial charge in [-0.25, -0.2) is 4.79 Å². The molecule has 1 aromatic rings. The second-order valence-electron chi connectivity index (χ2n) is 2.81. The second kappa shape index (κ2) is 2.58. The SMILES string of the molecule is Cn1cc(N2CC(=O)NC2=O)cn1. The molecule has 1 aromatic heterocycles. The Hall–Kier alpha value is -1.85. The summed E-state index contributed by atoms with van der Waals surface area (Å²) < 4.78 is 1.57. The molecule has 2 rings (SSSR count). The molecule has 13 heavy (non-hydrogen) atoms. The molecule has 2 heterocycles. The number of nitrogens with zero attached hydrogens (tertiary/aromatic N) is 3. The lowest BCUT2D eigenvalue weighted by atomic mass is 10.5. The van der Waals surface area contributed by atoms with E-state index in [9.17, 15) is 9.59 Å². The van der Waals surface area contributed by atoms with Crippen molar-refractivity contribution in [1.82, 2.24) is 15.1 Å². The van der Waals surface area contributed by atoms with Gasteiger partial charge in [-0.3, -0.25) is 19.7 Å². The van der Waals surface area contributed by atoms with Crippen molar-refractivity contribution in [3.8, 4) is 0 Å². The number of nitrogens with one attached hydrogen (secondary N) is 1. The van der Waals surface area contributed by atoms with Gasteiger partial charge in [0.05, 0.1) is 11.9 Å². The Morgan fingerprint density at radius 2 is 2.31 bits per heavy atom. The van der Waals surface area contributed by atoms with Gasteiger partial charge >= 0.3 is 6.03 Å². The Kier molecular flexibility index (Phi) is 1.54. The maximum atomic E-state index is 11.2. The van der Waals surface area contributed by atoms with E-state index in [-0.39, 0.29) is 12.5 Å². The van der Waals surface area contributed by atoms with Gasteiger partial charge in [0.25, 0.3) is 0 Å². The van der Waals surface area contributed by atoms with Crippen LogP contribution in [-0.2, 0) is 11.8 Å². The third-order valence-corrected chi connectivity index (χ3v) is 1.80. The molecule has 1 fully saturated rings. The molecule has 0 atom stereocenters. The molecular formula is C7H8N4O2. The minimum absolute atomic E-state index is 0.0739. The zero-order chi connectivity index (χ0) is 9.42. The van der Waals surface area contributed by atoms with Crippen LogP contribution in [-0.4, -0.2) is 28.3 Å². The molecule has 0 bridgehead atoms. The minimum atomic E-state index is -0.391. The van der Waals surface area contributed by atoms with Crippen LogP contribution in [0.15, 0.2) is 12.4 Å². The van der Waals surface area contributed by atoms with Gasteiger partial charge in [0.15, 0.2) is 0 Å². The first-order chi connectivity index (χ1) is 6.16. The predicted octanol–water partition coefficient (Wildman–Crippen LogP) is -0.524. The number of carbonyl (C=O) groups excluding carboxylic acids is 2. The highest BCUT2D eigenvalue weighted by Gasteiger charge is 2.28. The molecule has 0 aromatic carbocycles. The molecule has 0 unspecified atom stereocenters. The van der Waals surface area contributed by atoms with E-state index in [0.29, 0.717) is 5.69 Å². The number of rotatable bonds is 1. The van der Waals surface area contributed by atoms with Crippen LogP contribution in [0.2, 0.25) is 0 Å². The smallest absolute Gasteiger partial charge is 0.282 e. The molecule has 68 valence electrons. The zero-order valence-electron chi connectivity index (χ0n) is 7.02. The van der Waals surface area contributed by atoms with Crippen LogP contribution in [0.4, 0.5) is 10.5 Å². The largest absolute Gasteiger partial charge is 0.329 e. The van der Waals surface area contributed by atoms with Crippen molar-refractivity contribution in [3.05, 3.63) is 12.4 Å². The predicted molar refractivity (Wildman–Crippen MR) is 44.1 cm³/mol. The fourth-order valence-electron chi connectivity index (χ4n) is 1.20. The number of hydrogen-bond acceptors (Lipinski definition) is 3. The summed E-state index contributed by atoms with van der Waals surface area (Å²) in [6.45, 7) is 0.0739. The molecule has 1 N–H and O–H groups in total. The van der Waals surface area contributed by atoms with Crippen molar-refractivity contribution < 1.29 is 9.59 Å². The average molecular weight is 180 g/mol. The highest BCUT2D eigenvalue weighted by Crippen LogP contribution is 2.14. The monoisotopic (exact) mass is 180 g/mol. The molecule has 0 aliphatic carbocycles. The maximum absolute atomic E-state index is 11.2. The van der Waals surface area contributed by atoms with Crippen molar-refractivity contribution in [2.24, 2.45) is 7.05 Å². The van der Waals surface area contributed by atoms with Crippen LogP contribution in [0.25, 0.3) is 0 Å². The summed E-state index contributed by atoms with van der Waals surface area (Å²) in [7, 11) is 1.75. The van der Waals surface area contributed by atoms with E-state index in [1.165, 1.54) is 11.1 Å². The van der Waals surface area contributed by atoms with Crippen LogP contribution in [0.3, 0.4) is 0 Å². The van der Waals surface area contributed by atoms with Gasteiger partial charge in [0.1, 0.15) is 6.54 Å². The lowest BCUT2D eigenvalue weighted by Gasteiger charge is -2.08. The Labute approximate surface area is 74.1 Å². The van der Waals surface area contributed by atoms with E-state index in [4.69, 9.17) is 0 Å². The minimum Gasteiger partial charge on any atom is -0.282 e. The topological polar surface area (TPSA) is 67.2 Å². The number of amides is 3. The normalized spacial score (nSPS) is 16.5. The summed E-state index contributed by atoms with van der Waals surface area (Å²) in [5.41, 5.74) is 0.630. The molecule has 6 heteroatoms. The first-order valence-corrected chi connectivity index (χ1v) is 3.77. The van der Waals surface area contributed by atoms with Crippen molar-refractivity contribution >= 4 is 17.6 Å². The molecule has 0 radical (unpaired) electrons. The van der Waals surface area contributed by atoms with Crippen LogP contribution in [0.5, 0.6) is 0 Å². The Bertz CT molecular complexity index is 370. The molecule has 1 aliphatic heterocycles. The fraction of sp³-hybridized carbons (Fsp3) is 0.286. The van der Waals surface area contributed by atoms with Crippen LogP contribution in [0.1, 0.15) is 0 Å². The van der Waals surface area contributed by atoms with Gasteiger partial charge in [-0.15, -0.1) is 0 Å². The molecule has 0 saturated carbocycles. The van der Waals surface area contributed by atoms with Crippen molar-refractivity contribution in [3.63, 3.8) is 0 Å². The van der Waals surface area contributed by atoms with E-state index < -0.39 is 6.03 Å². The summed E-state index contributed by atoms with van der Waals surface area (Å²) in [6.07, 6.45) is 3.22. The maximum Gasteiger partial charge on any atom is 0.329 e. The summed E-state index contributed by atoms with van der Waals surface area (Å²) in [6, 6.07) is -0.391. The average Bonchev–Trinajstić information content (AvgIpc) is 2.58. The number of imide groups is 1. The van der Waals surface area contributed by atoms with E-state index in [1.807, 2.05) is 0 Å². The standard InChI is InChI=1S/C7H8N4O2/c1-10-3-5(2-8-10)11-4-6(12)9-7(11)13/h2-3H,4H2,1H3,(H,9,12,13). The molecule has 6 nitrogen and oxygen atoms in total. The lowest BCUT2D eigenvalue weighted by Crippen LogP contribution is -2.27. The second-order valence-corrected chi connectivity index (χ2v) is 2.81. The van der Waals surface area contributed by atoms with Gasteiger partial charge < -0.3 is 0 Å². The number of aromatic nitrogens is 2. The third kappa shape index (κ3) is 1.26. The Morgan fingerprint density at radius 1 is 1.54 bits per heavy atom. The third-order valence-electron chi connectivity index (χ3n) is 1.80. The summed E-state index contributed by atoms with van der Waals surface area (Å²) in [5.74, 6) is -0.283. The Morgan fingerprint density at radius 3 is 2.77 bits per heavy atom. The van der Waals surface area contributed by atoms with E-state index in [0.717, 1.165) is 0 Å². The quantitative estimate of drug-likeness (QED) is 0.591. The van der Waals surface area contributed by atoms with Crippen LogP contribution in [0, 0.1) is 0 Å². The van der Waals surface area contributed by atoms with Gasteiger partial charge in [-0.05, 0) is 0 Å². The van der Waals surface area contributed by atoms with Crippen LogP contribution >= 0.6 is 0 Å². The van der Waals surface area contributed by atoms with Crippen LogP contribution < -0.4 is 10.2 Å². The summed E-state index contributed by atoms with van der Waals surface area (Å²) in [5, 5.41) is 6.09. The van der Waals surface area contributed by atoms with Gasteiger partial charge in [0, 0.05) is 13.2 Å². The summed E-state index contributed by atoms with van der Waals surface area (Å²) in [4.78, 5) is 23.3. The number of hydrogen-bond donors (Lipinski definition) is 1. The number of anilines is 1. The van der Waals surface area contributed by atoms with Crippen molar-refractivity contribution in [1.29, 1.82) is 0 Å².